The van der Waals surface area contributed by atoms with Crippen LogP contribution in [0.3, 0.4) is 0 Å². The Labute approximate surface area is 123 Å². The average Bonchev–Trinajstić information content (AvgIpc) is 2.99. The Morgan fingerprint density at radius 2 is 2.38 bits per heavy atom. The van der Waals surface area contributed by atoms with E-state index in [4.69, 9.17) is 4.42 Å². The Morgan fingerprint density at radius 1 is 1.48 bits per heavy atom. The van der Waals surface area contributed by atoms with Crippen molar-refractivity contribution in [3.63, 3.8) is 0 Å². The van der Waals surface area contributed by atoms with Crippen molar-refractivity contribution in [3.05, 3.63) is 24.2 Å². The van der Waals surface area contributed by atoms with Gasteiger partial charge in [0, 0.05) is 26.6 Å². The van der Waals surface area contributed by atoms with Crippen molar-refractivity contribution in [3.8, 4) is 11.6 Å². The lowest BCUT2D eigenvalue weighted by Crippen LogP contribution is -2.39. The first kappa shape index (κ1) is 13.7. The molecule has 0 radical (unpaired) electrons. The quantitative estimate of drug-likeness (QED) is 0.548. The van der Waals surface area contributed by atoms with Gasteiger partial charge in [-0.05, 0) is 30.9 Å². The molecular weight excluding hydrogens is 268 g/mol. The second-order valence-corrected chi connectivity index (χ2v) is 5.16. The van der Waals surface area contributed by atoms with E-state index in [0.717, 1.165) is 37.2 Å². The molecule has 1 aliphatic rings. The maximum Gasteiger partial charge on any atom is 0.216 e. The molecule has 0 amide bonds. The third-order valence-electron chi connectivity index (χ3n) is 3.41. The summed E-state index contributed by atoms with van der Waals surface area (Å²) in [6, 6.07) is 3.66. The van der Waals surface area contributed by atoms with Crippen LogP contribution in [-0.2, 0) is 6.42 Å². The van der Waals surface area contributed by atoms with Gasteiger partial charge in [-0.25, -0.2) is 4.98 Å². The van der Waals surface area contributed by atoms with Crippen molar-refractivity contribution < 1.29 is 4.42 Å². The van der Waals surface area contributed by atoms with Crippen molar-refractivity contribution in [1.29, 1.82) is 0 Å². The fourth-order valence-electron chi connectivity index (χ4n) is 2.01. The zero-order valence-electron chi connectivity index (χ0n) is 12.1. The third-order valence-corrected chi connectivity index (χ3v) is 3.41. The maximum absolute atomic E-state index is 5.26. The van der Waals surface area contributed by atoms with Crippen LogP contribution in [0.15, 0.2) is 27.8 Å². The molecule has 0 aromatic carbocycles. The molecule has 2 aromatic heterocycles. The zero-order chi connectivity index (χ0) is 14.5. The Kier molecular flexibility index (Phi) is 4.18. The summed E-state index contributed by atoms with van der Waals surface area (Å²) >= 11 is 0. The summed E-state index contributed by atoms with van der Waals surface area (Å²) in [4.78, 5) is 8.60. The lowest BCUT2D eigenvalue weighted by Gasteiger charge is -2.10. The van der Waals surface area contributed by atoms with Crippen LogP contribution in [0, 0.1) is 5.92 Å². The number of hydrogen-bond acceptors (Lipinski definition) is 4. The van der Waals surface area contributed by atoms with E-state index >= 15 is 0 Å². The van der Waals surface area contributed by atoms with Crippen molar-refractivity contribution in [1.82, 2.24) is 25.8 Å². The van der Waals surface area contributed by atoms with Crippen molar-refractivity contribution >= 4 is 5.96 Å². The number of nitrogens with one attached hydrogen (secondary N) is 3. The van der Waals surface area contributed by atoms with E-state index in [1.54, 1.807) is 13.3 Å². The van der Waals surface area contributed by atoms with Crippen LogP contribution < -0.4 is 10.6 Å². The van der Waals surface area contributed by atoms with Crippen molar-refractivity contribution in [2.75, 3.05) is 20.1 Å². The number of aromatic nitrogens is 3. The van der Waals surface area contributed by atoms with E-state index in [2.05, 4.69) is 30.8 Å². The summed E-state index contributed by atoms with van der Waals surface area (Å²) in [5, 5.41) is 13.7. The molecular formula is C14H20N6O. The molecule has 7 heteroatoms. The molecule has 0 aliphatic heterocycles. The molecule has 1 fully saturated rings. The molecule has 3 N–H and O–H groups in total. The number of rotatable bonds is 6. The summed E-state index contributed by atoms with van der Waals surface area (Å²) in [6.07, 6.45) is 5.02. The normalized spacial score (nSPS) is 15.2. The number of guanidine groups is 1. The molecule has 1 saturated carbocycles. The SMILES string of the molecule is CN=C(NCCc1nc(-c2ccco2)n[nH]1)NCC1CC1. The number of furan rings is 1. The van der Waals surface area contributed by atoms with Gasteiger partial charge in [0.1, 0.15) is 5.82 Å². The van der Waals surface area contributed by atoms with Gasteiger partial charge in [0.15, 0.2) is 11.7 Å². The number of aliphatic imine (C=N–C) groups is 1. The lowest BCUT2D eigenvalue weighted by atomic mass is 10.4. The van der Waals surface area contributed by atoms with E-state index in [9.17, 15) is 0 Å². The number of hydrogen-bond donors (Lipinski definition) is 3. The summed E-state index contributed by atoms with van der Waals surface area (Å²) in [7, 11) is 1.78. The third kappa shape index (κ3) is 3.84. The summed E-state index contributed by atoms with van der Waals surface area (Å²) in [5.41, 5.74) is 0. The van der Waals surface area contributed by atoms with Gasteiger partial charge >= 0.3 is 0 Å². The zero-order valence-corrected chi connectivity index (χ0v) is 12.1. The summed E-state index contributed by atoms with van der Waals surface area (Å²) in [6.45, 7) is 1.75. The van der Waals surface area contributed by atoms with Gasteiger partial charge in [0.05, 0.1) is 6.26 Å². The highest BCUT2D eigenvalue weighted by molar-refractivity contribution is 5.79. The predicted octanol–water partition coefficient (Wildman–Crippen LogP) is 1.18. The Morgan fingerprint density at radius 3 is 3.10 bits per heavy atom. The highest BCUT2D eigenvalue weighted by Crippen LogP contribution is 2.27. The number of nitrogens with zero attached hydrogens (tertiary/aromatic N) is 3. The molecule has 112 valence electrons. The molecule has 1 aliphatic carbocycles. The van der Waals surface area contributed by atoms with Gasteiger partial charge in [-0.3, -0.25) is 10.1 Å². The first-order valence-corrected chi connectivity index (χ1v) is 7.25. The van der Waals surface area contributed by atoms with E-state index < -0.39 is 0 Å². The number of aromatic amines is 1. The van der Waals surface area contributed by atoms with Crippen LogP contribution in [0.2, 0.25) is 0 Å². The second-order valence-electron chi connectivity index (χ2n) is 5.16. The van der Waals surface area contributed by atoms with Crippen LogP contribution in [0.5, 0.6) is 0 Å². The Balaban J connectivity index is 1.44. The minimum Gasteiger partial charge on any atom is -0.461 e. The monoisotopic (exact) mass is 288 g/mol. The molecule has 0 bridgehead atoms. The van der Waals surface area contributed by atoms with Crippen LogP contribution in [0.1, 0.15) is 18.7 Å². The van der Waals surface area contributed by atoms with E-state index in [0.29, 0.717) is 11.6 Å². The molecule has 0 unspecified atom stereocenters. The standard InChI is InChI=1S/C14H20N6O/c1-15-14(17-9-10-4-5-10)16-7-6-12-18-13(20-19-12)11-3-2-8-21-11/h2-3,8,10H,4-7,9H2,1H3,(H2,15,16,17)(H,18,19,20). The van der Waals surface area contributed by atoms with Crippen LogP contribution >= 0.6 is 0 Å². The van der Waals surface area contributed by atoms with E-state index in [-0.39, 0.29) is 0 Å². The van der Waals surface area contributed by atoms with Gasteiger partial charge in [-0.2, -0.15) is 5.10 Å². The smallest absolute Gasteiger partial charge is 0.216 e. The second kappa shape index (κ2) is 6.43. The molecule has 2 heterocycles. The molecule has 0 spiro atoms. The first-order valence-electron chi connectivity index (χ1n) is 7.25. The maximum atomic E-state index is 5.26. The largest absolute Gasteiger partial charge is 0.461 e. The minimum atomic E-state index is 0.589. The summed E-state index contributed by atoms with van der Waals surface area (Å²) < 4.78 is 5.26. The van der Waals surface area contributed by atoms with E-state index in [1.807, 2.05) is 12.1 Å². The molecule has 3 rings (SSSR count). The van der Waals surface area contributed by atoms with Crippen molar-refractivity contribution in [2.45, 2.75) is 19.3 Å². The van der Waals surface area contributed by atoms with Gasteiger partial charge in [-0.1, -0.05) is 0 Å². The fraction of sp³-hybridized carbons (Fsp3) is 0.500. The lowest BCUT2D eigenvalue weighted by molar-refractivity contribution is 0.577. The van der Waals surface area contributed by atoms with E-state index in [1.165, 1.54) is 12.8 Å². The first-order chi connectivity index (χ1) is 10.3. The van der Waals surface area contributed by atoms with Crippen LogP contribution in [-0.4, -0.2) is 41.3 Å². The molecule has 2 aromatic rings. The van der Waals surface area contributed by atoms with Gasteiger partial charge in [0.25, 0.3) is 0 Å². The molecule has 0 atom stereocenters. The minimum absolute atomic E-state index is 0.589. The topological polar surface area (TPSA) is 91.1 Å². The fourth-order valence-corrected chi connectivity index (χ4v) is 2.01. The van der Waals surface area contributed by atoms with Gasteiger partial charge in [0.2, 0.25) is 5.82 Å². The Bertz CT molecular complexity index is 584. The summed E-state index contributed by atoms with van der Waals surface area (Å²) in [5.74, 6) is 3.76. The highest BCUT2D eigenvalue weighted by Gasteiger charge is 2.21. The number of H-pyrrole nitrogens is 1. The van der Waals surface area contributed by atoms with Gasteiger partial charge < -0.3 is 15.1 Å². The van der Waals surface area contributed by atoms with Crippen LogP contribution in [0.4, 0.5) is 0 Å². The average molecular weight is 288 g/mol. The molecule has 0 saturated heterocycles. The molecule has 7 nitrogen and oxygen atoms in total. The molecule has 21 heavy (non-hydrogen) atoms. The Hall–Kier alpha value is -2.31. The van der Waals surface area contributed by atoms with Crippen LogP contribution in [0.25, 0.3) is 11.6 Å². The predicted molar refractivity (Wildman–Crippen MR) is 79.9 cm³/mol. The highest BCUT2D eigenvalue weighted by atomic mass is 16.3. The van der Waals surface area contributed by atoms with Gasteiger partial charge in [-0.15, -0.1) is 0 Å². The van der Waals surface area contributed by atoms with Crippen molar-refractivity contribution in [2.24, 2.45) is 10.9 Å².